The van der Waals surface area contributed by atoms with Crippen molar-refractivity contribution < 1.29 is 0 Å². The maximum Gasteiger partial charge on any atom is 0.252 e. The number of aromatic nitrogens is 5. The highest BCUT2D eigenvalue weighted by atomic mass is 16.1. The van der Waals surface area contributed by atoms with Gasteiger partial charge in [-0.3, -0.25) is 9.69 Å². The van der Waals surface area contributed by atoms with Crippen LogP contribution in [0.15, 0.2) is 53.3 Å². The van der Waals surface area contributed by atoms with Gasteiger partial charge in [-0.1, -0.05) is 68.7 Å². The number of benzene rings is 2. The highest BCUT2D eigenvalue weighted by Crippen LogP contribution is 2.33. The van der Waals surface area contributed by atoms with E-state index in [9.17, 15) is 4.79 Å². The van der Waals surface area contributed by atoms with Crippen molar-refractivity contribution in [3.63, 3.8) is 0 Å². The molecule has 0 aliphatic heterocycles. The van der Waals surface area contributed by atoms with Gasteiger partial charge in [-0.25, -0.2) is 4.68 Å². The van der Waals surface area contributed by atoms with E-state index in [4.69, 9.17) is 0 Å². The van der Waals surface area contributed by atoms with Gasteiger partial charge in [0.05, 0.1) is 11.6 Å². The zero-order valence-electron chi connectivity index (χ0n) is 22.3. The molecule has 7 heteroatoms. The number of rotatable bonds is 9. The van der Waals surface area contributed by atoms with Gasteiger partial charge >= 0.3 is 0 Å². The normalized spacial score (nSPS) is 15.5. The minimum absolute atomic E-state index is 0.000493. The number of hydrogen-bond donors (Lipinski definition) is 1. The number of nitrogens with zero attached hydrogens (tertiary/aromatic N) is 5. The lowest BCUT2D eigenvalue weighted by atomic mass is 9.92. The molecule has 2 aromatic heterocycles. The van der Waals surface area contributed by atoms with E-state index in [0.717, 1.165) is 60.1 Å². The summed E-state index contributed by atoms with van der Waals surface area (Å²) in [5.74, 6) is 0.896. The molecule has 1 N–H and O–H groups in total. The molecule has 7 nitrogen and oxygen atoms in total. The minimum Gasteiger partial charge on any atom is -0.321 e. The van der Waals surface area contributed by atoms with E-state index < -0.39 is 0 Å². The predicted molar refractivity (Wildman–Crippen MR) is 147 cm³/mol. The molecule has 0 saturated heterocycles. The molecule has 1 aliphatic carbocycles. The van der Waals surface area contributed by atoms with Crippen LogP contribution in [0.3, 0.4) is 0 Å². The summed E-state index contributed by atoms with van der Waals surface area (Å²) in [6.45, 7) is 7.68. The molecule has 1 fully saturated rings. The van der Waals surface area contributed by atoms with Crippen LogP contribution in [0.1, 0.15) is 79.6 Å². The molecule has 4 aromatic rings. The second kappa shape index (κ2) is 11.4. The first-order valence-electron chi connectivity index (χ1n) is 13.7. The first-order chi connectivity index (χ1) is 18.0. The standard InChI is InChI=1S/C30H38N6O/c1-4-27(29-32-33-34-36(29)18-17-23-11-7-5-8-12-23)35(26-13-9-6-10-14-26)20-25-19-24-16-15-21(2)22(3)28(24)31-30(25)37/h5,7-8,11-12,15-16,19,26-27H,4,6,9-10,13-14,17-18,20H2,1-3H3,(H,31,37). The smallest absolute Gasteiger partial charge is 0.252 e. The van der Waals surface area contributed by atoms with Gasteiger partial charge in [-0.15, -0.1) is 5.10 Å². The quantitative estimate of drug-likeness (QED) is 0.322. The second-order valence-electron chi connectivity index (χ2n) is 10.5. The van der Waals surface area contributed by atoms with E-state index in [-0.39, 0.29) is 11.6 Å². The highest BCUT2D eigenvalue weighted by Gasteiger charge is 2.32. The zero-order valence-corrected chi connectivity index (χ0v) is 22.3. The number of nitrogens with one attached hydrogen (secondary N) is 1. The Kier molecular flexibility index (Phi) is 7.79. The topological polar surface area (TPSA) is 79.7 Å². The summed E-state index contributed by atoms with van der Waals surface area (Å²) >= 11 is 0. The van der Waals surface area contributed by atoms with Crippen LogP contribution < -0.4 is 5.56 Å². The van der Waals surface area contributed by atoms with Crippen LogP contribution in [0.25, 0.3) is 10.9 Å². The summed E-state index contributed by atoms with van der Waals surface area (Å²) in [5, 5.41) is 14.1. The van der Waals surface area contributed by atoms with Crippen molar-refractivity contribution in [2.75, 3.05) is 0 Å². The van der Waals surface area contributed by atoms with Gasteiger partial charge in [-0.05, 0) is 78.1 Å². The minimum atomic E-state index is 0.000493. The van der Waals surface area contributed by atoms with Crippen LogP contribution in [0.4, 0.5) is 0 Å². The van der Waals surface area contributed by atoms with Gasteiger partial charge in [0.1, 0.15) is 0 Å². The SMILES string of the molecule is CCC(c1nnnn1CCc1ccccc1)N(Cc1cc2ccc(C)c(C)c2[nH]c1=O)C1CCCCC1. The molecule has 1 saturated carbocycles. The Morgan fingerprint density at radius 3 is 2.62 bits per heavy atom. The molecule has 1 atom stereocenters. The lowest BCUT2D eigenvalue weighted by Gasteiger charge is -2.39. The van der Waals surface area contributed by atoms with E-state index >= 15 is 0 Å². The monoisotopic (exact) mass is 498 g/mol. The summed E-state index contributed by atoms with van der Waals surface area (Å²) in [7, 11) is 0. The summed E-state index contributed by atoms with van der Waals surface area (Å²) in [5.41, 5.74) is 5.34. The largest absolute Gasteiger partial charge is 0.321 e. The van der Waals surface area contributed by atoms with E-state index in [1.807, 2.05) is 10.7 Å². The Balaban J connectivity index is 1.47. The van der Waals surface area contributed by atoms with Gasteiger partial charge in [0.25, 0.3) is 5.56 Å². The van der Waals surface area contributed by atoms with Gasteiger partial charge in [0, 0.05) is 24.7 Å². The fourth-order valence-corrected chi connectivity index (χ4v) is 5.85. The maximum absolute atomic E-state index is 13.3. The van der Waals surface area contributed by atoms with Crippen LogP contribution in [0, 0.1) is 13.8 Å². The molecule has 1 unspecified atom stereocenters. The molecular weight excluding hydrogens is 460 g/mol. The van der Waals surface area contributed by atoms with Crippen LogP contribution in [-0.2, 0) is 19.5 Å². The maximum atomic E-state index is 13.3. The number of aryl methyl sites for hydroxylation is 4. The zero-order chi connectivity index (χ0) is 25.8. The summed E-state index contributed by atoms with van der Waals surface area (Å²) in [4.78, 5) is 19.0. The molecule has 0 radical (unpaired) electrons. The van der Waals surface area contributed by atoms with Crippen molar-refractivity contribution in [3.8, 4) is 0 Å². The van der Waals surface area contributed by atoms with E-state index in [2.05, 4.69) is 88.6 Å². The first-order valence-corrected chi connectivity index (χ1v) is 13.7. The molecule has 0 bridgehead atoms. The van der Waals surface area contributed by atoms with E-state index in [1.165, 1.54) is 30.4 Å². The molecule has 2 aromatic carbocycles. The lowest BCUT2D eigenvalue weighted by molar-refractivity contribution is 0.0841. The van der Waals surface area contributed by atoms with Gasteiger partial charge in [0.15, 0.2) is 5.82 Å². The second-order valence-corrected chi connectivity index (χ2v) is 10.5. The number of H-pyrrole nitrogens is 1. The van der Waals surface area contributed by atoms with Crippen molar-refractivity contribution in [1.82, 2.24) is 30.1 Å². The van der Waals surface area contributed by atoms with Crippen molar-refractivity contribution in [2.45, 2.75) is 90.9 Å². The fraction of sp³-hybridized carbons (Fsp3) is 0.467. The number of pyridine rings is 1. The van der Waals surface area contributed by atoms with Gasteiger partial charge in [0.2, 0.25) is 0 Å². The van der Waals surface area contributed by atoms with Crippen LogP contribution >= 0.6 is 0 Å². The summed E-state index contributed by atoms with van der Waals surface area (Å²) in [6, 6.07) is 17.3. The number of hydrogen-bond acceptors (Lipinski definition) is 5. The van der Waals surface area contributed by atoms with E-state index in [1.54, 1.807) is 0 Å². The summed E-state index contributed by atoms with van der Waals surface area (Å²) in [6.07, 6.45) is 7.78. The van der Waals surface area contributed by atoms with Crippen molar-refractivity contribution in [3.05, 3.63) is 87.0 Å². The summed E-state index contributed by atoms with van der Waals surface area (Å²) < 4.78 is 1.97. The Morgan fingerprint density at radius 1 is 1.08 bits per heavy atom. The predicted octanol–water partition coefficient (Wildman–Crippen LogP) is 5.66. The van der Waals surface area contributed by atoms with Crippen molar-refractivity contribution in [2.24, 2.45) is 0 Å². The Morgan fingerprint density at radius 2 is 1.86 bits per heavy atom. The molecule has 37 heavy (non-hydrogen) atoms. The first kappa shape index (κ1) is 25.3. The molecule has 0 spiro atoms. The Labute approximate surface area is 218 Å². The highest BCUT2D eigenvalue weighted by molar-refractivity contribution is 5.83. The fourth-order valence-electron chi connectivity index (χ4n) is 5.85. The van der Waals surface area contributed by atoms with Crippen molar-refractivity contribution in [1.29, 1.82) is 0 Å². The van der Waals surface area contributed by atoms with Crippen LogP contribution in [0.2, 0.25) is 0 Å². The molecule has 1 aliphatic rings. The third-order valence-electron chi connectivity index (χ3n) is 8.12. The number of tetrazole rings is 1. The lowest BCUT2D eigenvalue weighted by Crippen LogP contribution is -2.41. The van der Waals surface area contributed by atoms with E-state index in [0.29, 0.717) is 12.6 Å². The number of aromatic amines is 1. The Bertz CT molecular complexity index is 1390. The van der Waals surface area contributed by atoms with Crippen LogP contribution in [0.5, 0.6) is 0 Å². The van der Waals surface area contributed by atoms with Crippen molar-refractivity contribution >= 4 is 10.9 Å². The average molecular weight is 499 g/mol. The third kappa shape index (κ3) is 5.52. The Hall–Kier alpha value is -3.32. The average Bonchev–Trinajstić information content (AvgIpc) is 3.39. The molecule has 2 heterocycles. The van der Waals surface area contributed by atoms with Gasteiger partial charge < -0.3 is 4.98 Å². The molecule has 5 rings (SSSR count). The molecule has 194 valence electrons. The third-order valence-corrected chi connectivity index (χ3v) is 8.12. The molecular formula is C30H38N6O. The van der Waals surface area contributed by atoms with Gasteiger partial charge in [-0.2, -0.15) is 0 Å². The molecule has 0 amide bonds. The van der Waals surface area contributed by atoms with Crippen LogP contribution in [-0.4, -0.2) is 36.1 Å². The number of fused-ring (bicyclic) bond motifs is 1.